The molecule has 2 aromatic rings. The molecule has 0 unspecified atom stereocenters. The predicted octanol–water partition coefficient (Wildman–Crippen LogP) is 2.89. The Balaban J connectivity index is 1.95. The maximum absolute atomic E-state index is 13.0. The van der Waals surface area contributed by atoms with Crippen molar-refractivity contribution in [3.8, 4) is 5.75 Å². The molecule has 2 N–H and O–H groups in total. The number of ketones is 2. The number of rotatable bonds is 2. The molecule has 0 saturated heterocycles. The molecular formula is C22H20O6. The van der Waals surface area contributed by atoms with Crippen molar-refractivity contribution in [2.24, 2.45) is 5.92 Å². The molecule has 28 heavy (non-hydrogen) atoms. The Hall–Kier alpha value is -2.99. The van der Waals surface area contributed by atoms with E-state index in [1.165, 1.54) is 31.4 Å². The van der Waals surface area contributed by atoms with Crippen molar-refractivity contribution in [3.05, 3.63) is 63.7 Å². The van der Waals surface area contributed by atoms with Gasteiger partial charge in [-0.3, -0.25) is 14.4 Å². The highest BCUT2D eigenvalue weighted by Crippen LogP contribution is 2.46. The van der Waals surface area contributed by atoms with Gasteiger partial charge in [-0.1, -0.05) is 25.5 Å². The smallest absolute Gasteiger partial charge is 0.313 e. The third-order valence-electron chi connectivity index (χ3n) is 5.90. The van der Waals surface area contributed by atoms with Crippen molar-refractivity contribution in [3.63, 3.8) is 0 Å². The highest BCUT2D eigenvalue weighted by molar-refractivity contribution is 6.29. The zero-order valence-electron chi connectivity index (χ0n) is 15.6. The summed E-state index contributed by atoms with van der Waals surface area (Å²) in [5.41, 5.74) is 1.41. The van der Waals surface area contributed by atoms with Gasteiger partial charge >= 0.3 is 5.97 Å². The van der Waals surface area contributed by atoms with E-state index >= 15 is 0 Å². The molecule has 4 rings (SSSR count). The van der Waals surface area contributed by atoms with Crippen molar-refractivity contribution >= 4 is 17.5 Å². The molecule has 0 saturated carbocycles. The summed E-state index contributed by atoms with van der Waals surface area (Å²) in [6.07, 6.45) is 0.183. The van der Waals surface area contributed by atoms with Crippen LogP contribution in [0.4, 0.5) is 0 Å². The van der Waals surface area contributed by atoms with Crippen LogP contribution in [0.25, 0.3) is 0 Å². The van der Waals surface area contributed by atoms with E-state index in [0.29, 0.717) is 24.0 Å². The van der Waals surface area contributed by atoms with Crippen LogP contribution in [0, 0.1) is 5.92 Å². The summed E-state index contributed by atoms with van der Waals surface area (Å²) in [6, 6.07) is 7.41. The minimum absolute atomic E-state index is 0.0267. The number of aliphatic hydroxyl groups is 1. The van der Waals surface area contributed by atoms with Gasteiger partial charge in [-0.05, 0) is 41.7 Å². The van der Waals surface area contributed by atoms with Crippen molar-refractivity contribution in [1.29, 1.82) is 0 Å². The number of benzene rings is 2. The van der Waals surface area contributed by atoms with Crippen molar-refractivity contribution < 1.29 is 29.3 Å². The molecule has 2 aromatic carbocycles. The quantitative estimate of drug-likeness (QED) is 0.663. The predicted molar refractivity (Wildman–Crippen MR) is 99.5 cm³/mol. The number of phenols is 1. The number of esters is 1. The Morgan fingerprint density at radius 2 is 1.79 bits per heavy atom. The van der Waals surface area contributed by atoms with Gasteiger partial charge in [-0.25, -0.2) is 0 Å². The lowest BCUT2D eigenvalue weighted by Gasteiger charge is -2.35. The lowest BCUT2D eigenvalue weighted by Crippen LogP contribution is -2.31. The maximum Gasteiger partial charge on any atom is 0.313 e. The Morgan fingerprint density at radius 1 is 1.11 bits per heavy atom. The summed E-state index contributed by atoms with van der Waals surface area (Å²) in [5, 5.41) is 20.7. The van der Waals surface area contributed by atoms with E-state index in [2.05, 4.69) is 0 Å². The molecule has 0 radical (unpaired) electrons. The first kappa shape index (κ1) is 18.4. The summed E-state index contributed by atoms with van der Waals surface area (Å²) < 4.78 is 4.97. The second-order valence-corrected chi connectivity index (χ2v) is 7.31. The van der Waals surface area contributed by atoms with Crippen molar-refractivity contribution in [2.45, 2.75) is 31.8 Å². The van der Waals surface area contributed by atoms with Crippen LogP contribution in [-0.4, -0.2) is 34.9 Å². The summed E-state index contributed by atoms with van der Waals surface area (Å²) in [5.74, 6) is -2.26. The Bertz CT molecular complexity index is 1020. The van der Waals surface area contributed by atoms with Crippen LogP contribution in [0.1, 0.15) is 74.8 Å². The van der Waals surface area contributed by atoms with Crippen molar-refractivity contribution in [1.82, 2.24) is 0 Å². The number of hydrogen-bond acceptors (Lipinski definition) is 6. The number of methoxy groups -OCH3 is 1. The summed E-state index contributed by atoms with van der Waals surface area (Å²) in [7, 11) is 1.31. The third-order valence-corrected chi connectivity index (χ3v) is 5.90. The molecule has 0 bridgehead atoms. The van der Waals surface area contributed by atoms with E-state index < -0.39 is 23.8 Å². The van der Waals surface area contributed by atoms with E-state index in [1.54, 1.807) is 6.07 Å². The molecule has 6 nitrogen and oxygen atoms in total. The second-order valence-electron chi connectivity index (χ2n) is 7.31. The minimum atomic E-state index is -0.847. The molecule has 0 aromatic heterocycles. The van der Waals surface area contributed by atoms with Gasteiger partial charge in [0, 0.05) is 16.7 Å². The number of phenolic OH excluding ortho intramolecular Hbond substituents is 1. The summed E-state index contributed by atoms with van der Waals surface area (Å²) in [6.45, 7) is 1.93. The minimum Gasteiger partial charge on any atom is -0.507 e. The number of aliphatic hydroxyl groups excluding tert-OH is 1. The third kappa shape index (κ3) is 2.48. The first-order chi connectivity index (χ1) is 13.4. The van der Waals surface area contributed by atoms with Gasteiger partial charge < -0.3 is 14.9 Å². The Morgan fingerprint density at radius 3 is 2.46 bits per heavy atom. The number of carbonyl (C=O) groups excluding carboxylic acids is 3. The molecule has 0 heterocycles. The van der Waals surface area contributed by atoms with E-state index in [0.717, 1.165) is 0 Å². The molecule has 2 aliphatic carbocycles. The number of carbonyl (C=O) groups is 3. The van der Waals surface area contributed by atoms with Crippen LogP contribution in [0.15, 0.2) is 30.3 Å². The normalized spacial score (nSPS) is 22.9. The SMILES string of the molecule is CC[C@H]1C[C@@H](O)c2cc3c(cc2[C@H]1C(=O)OC)C(=O)c1cccc(O)c1C3=O. The molecule has 2 aliphatic rings. The average Bonchev–Trinajstić information content (AvgIpc) is 2.70. The molecule has 0 amide bonds. The first-order valence-electron chi connectivity index (χ1n) is 9.24. The van der Waals surface area contributed by atoms with Crippen LogP contribution in [0.3, 0.4) is 0 Å². The fourth-order valence-electron chi connectivity index (χ4n) is 4.47. The average molecular weight is 380 g/mol. The van der Waals surface area contributed by atoms with Crippen LogP contribution in [0.5, 0.6) is 5.75 Å². The zero-order valence-corrected chi connectivity index (χ0v) is 15.6. The largest absolute Gasteiger partial charge is 0.507 e. The first-order valence-corrected chi connectivity index (χ1v) is 9.24. The monoisotopic (exact) mass is 380 g/mol. The van der Waals surface area contributed by atoms with E-state index in [1.807, 2.05) is 6.92 Å². The fraction of sp³-hybridized carbons (Fsp3) is 0.318. The van der Waals surface area contributed by atoms with Crippen LogP contribution >= 0.6 is 0 Å². The molecule has 6 heteroatoms. The van der Waals surface area contributed by atoms with Gasteiger partial charge in [0.25, 0.3) is 0 Å². The van der Waals surface area contributed by atoms with Crippen LogP contribution < -0.4 is 0 Å². The standard InChI is InChI=1S/C22H20O6/c1-3-10-7-17(24)12-8-15-14(9-13(12)18(10)22(27)28-2)20(25)11-5-4-6-16(23)19(11)21(15)26/h4-6,8-10,17-18,23-24H,3,7H2,1-2H3/t10-,17+,18-/m0/s1. The Kier molecular flexibility index (Phi) is 4.31. The lowest BCUT2D eigenvalue weighted by atomic mass is 9.70. The topological polar surface area (TPSA) is 101 Å². The molecular weight excluding hydrogens is 360 g/mol. The molecule has 0 aliphatic heterocycles. The molecule has 0 spiro atoms. The number of aromatic hydroxyl groups is 1. The van der Waals surface area contributed by atoms with Gasteiger partial charge in [0.15, 0.2) is 11.6 Å². The van der Waals surface area contributed by atoms with E-state index in [9.17, 15) is 24.6 Å². The highest BCUT2D eigenvalue weighted by Gasteiger charge is 2.41. The lowest BCUT2D eigenvalue weighted by molar-refractivity contribution is -0.144. The number of fused-ring (bicyclic) bond motifs is 3. The highest BCUT2D eigenvalue weighted by atomic mass is 16.5. The van der Waals surface area contributed by atoms with E-state index in [4.69, 9.17) is 4.74 Å². The molecule has 0 fully saturated rings. The van der Waals surface area contributed by atoms with Gasteiger partial charge in [0.1, 0.15) is 5.75 Å². The van der Waals surface area contributed by atoms with Gasteiger partial charge in [0.05, 0.1) is 24.7 Å². The summed E-state index contributed by atoms with van der Waals surface area (Å²) in [4.78, 5) is 38.5. The fourth-order valence-corrected chi connectivity index (χ4v) is 4.47. The zero-order chi connectivity index (χ0) is 20.2. The maximum atomic E-state index is 13.0. The van der Waals surface area contributed by atoms with E-state index in [-0.39, 0.29) is 39.7 Å². The van der Waals surface area contributed by atoms with Crippen molar-refractivity contribution in [2.75, 3.05) is 7.11 Å². The van der Waals surface area contributed by atoms with Crippen LogP contribution in [0.2, 0.25) is 0 Å². The van der Waals surface area contributed by atoms with Crippen LogP contribution in [-0.2, 0) is 9.53 Å². The Labute approximate surface area is 161 Å². The second kappa shape index (κ2) is 6.56. The number of ether oxygens (including phenoxy) is 1. The van der Waals surface area contributed by atoms with Gasteiger partial charge in [-0.2, -0.15) is 0 Å². The van der Waals surface area contributed by atoms with Gasteiger partial charge in [-0.15, -0.1) is 0 Å². The molecule has 3 atom stereocenters. The summed E-state index contributed by atoms with van der Waals surface area (Å²) >= 11 is 0. The van der Waals surface area contributed by atoms with Gasteiger partial charge in [0.2, 0.25) is 0 Å². The number of hydrogen-bond donors (Lipinski definition) is 2. The molecule has 144 valence electrons.